The Morgan fingerprint density at radius 1 is 1.00 bits per heavy atom. The van der Waals surface area contributed by atoms with Gasteiger partial charge in [-0.1, -0.05) is 24.3 Å². The van der Waals surface area contributed by atoms with E-state index in [0.29, 0.717) is 0 Å². The molecule has 106 valence electrons. The third-order valence-corrected chi connectivity index (χ3v) is 3.90. The molecule has 0 amide bonds. The van der Waals surface area contributed by atoms with Crippen molar-refractivity contribution in [2.75, 3.05) is 11.4 Å². The first-order valence-electron chi connectivity index (χ1n) is 7.58. The molecule has 1 aliphatic rings. The van der Waals surface area contributed by atoms with Crippen molar-refractivity contribution in [2.45, 2.75) is 20.4 Å². The van der Waals surface area contributed by atoms with Gasteiger partial charge in [0.05, 0.1) is 0 Å². The Morgan fingerprint density at radius 3 is 2.62 bits per heavy atom. The highest BCUT2D eigenvalue weighted by Crippen LogP contribution is 2.30. The highest BCUT2D eigenvalue weighted by Gasteiger charge is 2.16. The number of aromatic nitrogens is 1. The molecule has 0 aliphatic carbocycles. The maximum atomic E-state index is 2.36. The van der Waals surface area contributed by atoms with Crippen molar-refractivity contribution >= 4 is 17.8 Å². The van der Waals surface area contributed by atoms with E-state index < -0.39 is 0 Å². The number of benzene rings is 1. The number of anilines is 1. The summed E-state index contributed by atoms with van der Waals surface area (Å²) in [6.45, 7) is 6.31. The van der Waals surface area contributed by atoms with Crippen molar-refractivity contribution in [1.82, 2.24) is 0 Å². The highest BCUT2D eigenvalue weighted by atomic mass is 15.1. The lowest BCUT2D eigenvalue weighted by Crippen LogP contribution is -2.35. The Kier molecular flexibility index (Phi) is 3.87. The first kappa shape index (κ1) is 13.6. The molecule has 0 fully saturated rings. The van der Waals surface area contributed by atoms with Crippen LogP contribution in [0.2, 0.25) is 0 Å². The molecule has 0 unspecified atom stereocenters. The smallest absolute Gasteiger partial charge is 0.207 e. The fourth-order valence-corrected chi connectivity index (χ4v) is 2.82. The molecule has 2 heterocycles. The van der Waals surface area contributed by atoms with Crippen molar-refractivity contribution in [2.24, 2.45) is 0 Å². The van der Waals surface area contributed by atoms with Gasteiger partial charge in [-0.3, -0.25) is 0 Å². The third-order valence-electron chi connectivity index (χ3n) is 3.90. The van der Waals surface area contributed by atoms with Crippen LogP contribution < -0.4 is 9.47 Å². The van der Waals surface area contributed by atoms with Crippen LogP contribution in [0.3, 0.4) is 0 Å². The van der Waals surface area contributed by atoms with Crippen LogP contribution in [0, 0.1) is 0 Å². The van der Waals surface area contributed by atoms with E-state index in [1.54, 1.807) is 0 Å². The van der Waals surface area contributed by atoms with Crippen LogP contribution in [-0.2, 0) is 6.54 Å². The third kappa shape index (κ3) is 2.62. The minimum Gasteiger partial charge on any atom is -0.341 e. The van der Waals surface area contributed by atoms with Gasteiger partial charge in [-0.05, 0) is 37.6 Å². The first-order chi connectivity index (χ1) is 10.3. The number of para-hydroxylation sites is 1. The largest absolute Gasteiger partial charge is 0.341 e. The van der Waals surface area contributed by atoms with E-state index in [-0.39, 0.29) is 0 Å². The summed E-state index contributed by atoms with van der Waals surface area (Å²) >= 11 is 0. The summed E-state index contributed by atoms with van der Waals surface area (Å²) in [6, 6.07) is 14.9. The van der Waals surface area contributed by atoms with Crippen LogP contribution in [0.1, 0.15) is 25.1 Å². The van der Waals surface area contributed by atoms with Gasteiger partial charge in [0.15, 0.2) is 6.20 Å². The molecule has 0 radical (unpaired) electrons. The van der Waals surface area contributed by atoms with Crippen LogP contribution in [-0.4, -0.2) is 6.54 Å². The van der Waals surface area contributed by atoms with Gasteiger partial charge in [-0.15, -0.1) is 0 Å². The van der Waals surface area contributed by atoms with Crippen molar-refractivity contribution in [3.63, 3.8) is 0 Å². The molecule has 1 aromatic carbocycles. The van der Waals surface area contributed by atoms with Gasteiger partial charge in [0.25, 0.3) is 0 Å². The molecule has 2 aromatic rings. The predicted octanol–water partition coefficient (Wildman–Crippen LogP) is 3.89. The SMILES string of the molecule is CCN1/C(=C/c2cccc[n+]2CC)C=Cc2ccccc21. The molecule has 0 saturated heterocycles. The monoisotopic (exact) mass is 277 g/mol. The number of hydrogen-bond donors (Lipinski definition) is 0. The summed E-state index contributed by atoms with van der Waals surface area (Å²) in [5, 5.41) is 0. The summed E-state index contributed by atoms with van der Waals surface area (Å²) in [4.78, 5) is 2.36. The second-order valence-corrected chi connectivity index (χ2v) is 5.12. The summed E-state index contributed by atoms with van der Waals surface area (Å²) in [6.07, 6.45) is 8.80. The maximum absolute atomic E-state index is 2.36. The van der Waals surface area contributed by atoms with Gasteiger partial charge < -0.3 is 4.90 Å². The lowest BCUT2D eigenvalue weighted by Gasteiger charge is -2.29. The fourth-order valence-electron chi connectivity index (χ4n) is 2.82. The van der Waals surface area contributed by atoms with Crippen molar-refractivity contribution in [3.05, 3.63) is 71.7 Å². The van der Waals surface area contributed by atoms with E-state index in [2.05, 4.69) is 90.2 Å². The molecule has 1 aromatic heterocycles. The van der Waals surface area contributed by atoms with E-state index in [0.717, 1.165) is 13.1 Å². The van der Waals surface area contributed by atoms with Crippen molar-refractivity contribution in [3.8, 4) is 0 Å². The number of pyridine rings is 1. The van der Waals surface area contributed by atoms with Crippen LogP contribution in [0.25, 0.3) is 12.2 Å². The van der Waals surface area contributed by atoms with E-state index >= 15 is 0 Å². The second-order valence-electron chi connectivity index (χ2n) is 5.12. The average molecular weight is 277 g/mol. The van der Waals surface area contributed by atoms with Gasteiger partial charge in [0, 0.05) is 36.1 Å². The Bertz CT molecular complexity index is 698. The summed E-state index contributed by atoms with van der Waals surface area (Å²) in [5.41, 5.74) is 5.04. The highest BCUT2D eigenvalue weighted by molar-refractivity contribution is 5.79. The minimum absolute atomic E-state index is 0.964. The Labute approximate surface area is 126 Å². The van der Waals surface area contributed by atoms with Gasteiger partial charge in [0.1, 0.15) is 6.54 Å². The number of nitrogens with zero attached hydrogens (tertiary/aromatic N) is 2. The molecule has 0 bridgehead atoms. The lowest BCUT2D eigenvalue weighted by atomic mass is 10.1. The molecule has 3 rings (SSSR count). The van der Waals surface area contributed by atoms with Crippen LogP contribution in [0.15, 0.2) is 60.4 Å². The zero-order chi connectivity index (χ0) is 14.7. The quantitative estimate of drug-likeness (QED) is 0.772. The molecular formula is C19H21N2+. The minimum atomic E-state index is 0.964. The first-order valence-corrected chi connectivity index (χ1v) is 7.58. The van der Waals surface area contributed by atoms with Gasteiger partial charge in [-0.25, -0.2) is 0 Å². The number of allylic oxidation sites excluding steroid dienone is 1. The number of likely N-dealkylation sites (N-methyl/N-ethyl adjacent to an activating group) is 1. The zero-order valence-electron chi connectivity index (χ0n) is 12.7. The number of fused-ring (bicyclic) bond motifs is 1. The molecule has 2 nitrogen and oxygen atoms in total. The van der Waals surface area contributed by atoms with Gasteiger partial charge in [0.2, 0.25) is 5.69 Å². The summed E-state index contributed by atoms with van der Waals surface area (Å²) < 4.78 is 2.26. The molecule has 0 spiro atoms. The van der Waals surface area contributed by atoms with Crippen LogP contribution in [0.5, 0.6) is 0 Å². The fraction of sp³-hybridized carbons (Fsp3) is 0.211. The average Bonchev–Trinajstić information content (AvgIpc) is 2.55. The van der Waals surface area contributed by atoms with E-state index in [4.69, 9.17) is 0 Å². The molecule has 1 aliphatic heterocycles. The van der Waals surface area contributed by atoms with Crippen LogP contribution in [0.4, 0.5) is 5.69 Å². The summed E-state index contributed by atoms with van der Waals surface area (Å²) in [5.74, 6) is 0. The molecule has 0 saturated carbocycles. The molecular weight excluding hydrogens is 256 g/mol. The molecule has 21 heavy (non-hydrogen) atoms. The predicted molar refractivity (Wildman–Crippen MR) is 88.8 cm³/mol. The lowest BCUT2D eigenvalue weighted by molar-refractivity contribution is -0.695. The topological polar surface area (TPSA) is 7.12 Å². The maximum Gasteiger partial charge on any atom is 0.207 e. The number of hydrogen-bond acceptors (Lipinski definition) is 1. The van der Waals surface area contributed by atoms with E-state index in [1.807, 2.05) is 0 Å². The Balaban J connectivity index is 2.05. The zero-order valence-corrected chi connectivity index (χ0v) is 12.7. The Morgan fingerprint density at radius 2 is 1.81 bits per heavy atom. The number of aryl methyl sites for hydroxylation is 1. The Hall–Kier alpha value is -2.35. The normalized spacial score (nSPS) is 15.3. The van der Waals surface area contributed by atoms with Crippen LogP contribution >= 0.6 is 0 Å². The molecule has 2 heteroatoms. The van der Waals surface area contributed by atoms with Gasteiger partial charge >= 0.3 is 0 Å². The molecule has 0 N–H and O–H groups in total. The van der Waals surface area contributed by atoms with E-state index in [1.165, 1.54) is 22.6 Å². The van der Waals surface area contributed by atoms with E-state index in [9.17, 15) is 0 Å². The summed E-state index contributed by atoms with van der Waals surface area (Å²) in [7, 11) is 0. The van der Waals surface area contributed by atoms with Crippen molar-refractivity contribution < 1.29 is 4.57 Å². The van der Waals surface area contributed by atoms with Crippen molar-refractivity contribution in [1.29, 1.82) is 0 Å². The van der Waals surface area contributed by atoms with Gasteiger partial charge in [-0.2, -0.15) is 4.57 Å². The standard InChI is InChI=1S/C19H21N2/c1-3-20-14-8-7-10-17(20)15-18-13-12-16-9-5-6-11-19(16)21(18)4-2/h5-15H,3-4H2,1-2H3/q+1. The second kappa shape index (κ2) is 5.96. The number of rotatable bonds is 3. The molecule has 0 atom stereocenters.